The number of rotatable bonds is 6. The summed E-state index contributed by atoms with van der Waals surface area (Å²) >= 11 is 5.86. The van der Waals surface area contributed by atoms with E-state index < -0.39 is 33.2 Å². The summed E-state index contributed by atoms with van der Waals surface area (Å²) in [6, 6.07) is 4.42. The molecule has 0 atom stereocenters. The molecule has 3 N–H and O–H groups in total. The number of hydrogen-bond donors (Lipinski definition) is 2. The van der Waals surface area contributed by atoms with Crippen LogP contribution >= 0.6 is 11.6 Å². The molecule has 1 aromatic rings. The van der Waals surface area contributed by atoms with Gasteiger partial charge in [0.15, 0.2) is 9.84 Å². The SMILES string of the molecule is COC(=O)CCS(=O)(=O)CC(=O)Nc1ccc(N)cc1Cl. The highest BCUT2D eigenvalue weighted by Crippen LogP contribution is 2.23. The van der Waals surface area contributed by atoms with Crippen molar-refractivity contribution >= 4 is 44.7 Å². The number of halogens is 1. The molecule has 0 fully saturated rings. The Bertz CT molecular complexity index is 645. The summed E-state index contributed by atoms with van der Waals surface area (Å²) in [4.78, 5) is 22.6. The van der Waals surface area contributed by atoms with Crippen LogP contribution in [0.4, 0.5) is 11.4 Å². The number of carbonyl (C=O) groups excluding carboxylic acids is 2. The van der Waals surface area contributed by atoms with Crippen LogP contribution in [0.25, 0.3) is 0 Å². The summed E-state index contributed by atoms with van der Waals surface area (Å²) in [7, 11) is -2.55. The maximum absolute atomic E-state index is 11.7. The van der Waals surface area contributed by atoms with Gasteiger partial charge in [-0.2, -0.15) is 0 Å². The van der Waals surface area contributed by atoms with E-state index in [2.05, 4.69) is 10.1 Å². The van der Waals surface area contributed by atoms with Crippen molar-refractivity contribution in [3.8, 4) is 0 Å². The van der Waals surface area contributed by atoms with Gasteiger partial charge in [0.05, 0.1) is 30.0 Å². The molecule has 0 heterocycles. The Morgan fingerprint density at radius 2 is 2.05 bits per heavy atom. The zero-order valence-corrected chi connectivity index (χ0v) is 12.8. The van der Waals surface area contributed by atoms with Crippen LogP contribution in [0.3, 0.4) is 0 Å². The highest BCUT2D eigenvalue weighted by molar-refractivity contribution is 7.92. The van der Waals surface area contributed by atoms with E-state index in [0.29, 0.717) is 5.69 Å². The Kier molecular flexibility index (Phi) is 5.98. The lowest BCUT2D eigenvalue weighted by molar-refractivity contribution is -0.140. The van der Waals surface area contributed by atoms with E-state index in [-0.39, 0.29) is 17.1 Å². The van der Waals surface area contributed by atoms with E-state index in [1.54, 1.807) is 0 Å². The van der Waals surface area contributed by atoms with Crippen LogP contribution < -0.4 is 11.1 Å². The monoisotopic (exact) mass is 334 g/mol. The third-order valence-corrected chi connectivity index (χ3v) is 4.30. The smallest absolute Gasteiger partial charge is 0.306 e. The molecule has 1 rings (SSSR count). The number of nitrogen functional groups attached to an aromatic ring is 1. The molecular weight excluding hydrogens is 320 g/mol. The molecular formula is C12H15ClN2O5S. The Morgan fingerprint density at radius 3 is 2.62 bits per heavy atom. The fraction of sp³-hybridized carbons (Fsp3) is 0.333. The summed E-state index contributed by atoms with van der Waals surface area (Å²) < 4.78 is 27.7. The molecule has 0 spiro atoms. The van der Waals surface area contributed by atoms with Gasteiger partial charge in [-0.25, -0.2) is 8.42 Å². The van der Waals surface area contributed by atoms with Gasteiger partial charge in [-0.15, -0.1) is 0 Å². The number of benzene rings is 1. The molecule has 7 nitrogen and oxygen atoms in total. The van der Waals surface area contributed by atoms with Gasteiger partial charge in [-0.3, -0.25) is 9.59 Å². The van der Waals surface area contributed by atoms with Gasteiger partial charge in [0.25, 0.3) is 0 Å². The van der Waals surface area contributed by atoms with Gasteiger partial charge in [-0.1, -0.05) is 11.6 Å². The summed E-state index contributed by atoms with van der Waals surface area (Å²) in [5, 5.41) is 2.58. The van der Waals surface area contributed by atoms with Crippen molar-refractivity contribution in [2.24, 2.45) is 0 Å². The second-order valence-electron chi connectivity index (χ2n) is 4.21. The van der Waals surface area contributed by atoms with Gasteiger partial charge < -0.3 is 15.8 Å². The van der Waals surface area contributed by atoms with Gasteiger partial charge in [0.2, 0.25) is 5.91 Å². The van der Waals surface area contributed by atoms with E-state index in [1.165, 1.54) is 18.2 Å². The number of amides is 1. The van der Waals surface area contributed by atoms with Crippen molar-refractivity contribution < 1.29 is 22.7 Å². The number of esters is 1. The van der Waals surface area contributed by atoms with Crippen LogP contribution in [0.5, 0.6) is 0 Å². The van der Waals surface area contributed by atoms with Crippen LogP contribution in [0.15, 0.2) is 18.2 Å². The molecule has 0 saturated heterocycles. The zero-order chi connectivity index (χ0) is 16.0. The number of sulfone groups is 1. The van der Waals surface area contributed by atoms with Gasteiger partial charge >= 0.3 is 5.97 Å². The normalized spacial score (nSPS) is 11.0. The first-order chi connectivity index (χ1) is 9.73. The van der Waals surface area contributed by atoms with Crippen LogP contribution in [-0.2, 0) is 24.2 Å². The largest absolute Gasteiger partial charge is 0.469 e. The lowest BCUT2D eigenvalue weighted by Gasteiger charge is -2.08. The van der Waals surface area contributed by atoms with E-state index in [9.17, 15) is 18.0 Å². The molecule has 9 heteroatoms. The third kappa shape index (κ3) is 6.01. The zero-order valence-electron chi connectivity index (χ0n) is 11.3. The molecule has 0 saturated carbocycles. The highest BCUT2D eigenvalue weighted by atomic mass is 35.5. The van der Waals surface area contributed by atoms with Gasteiger partial charge in [0, 0.05) is 5.69 Å². The molecule has 0 bridgehead atoms. The lowest BCUT2D eigenvalue weighted by atomic mass is 10.3. The molecule has 0 aliphatic carbocycles. The average Bonchev–Trinajstić information content (AvgIpc) is 2.38. The van der Waals surface area contributed by atoms with Crippen molar-refractivity contribution in [2.45, 2.75) is 6.42 Å². The van der Waals surface area contributed by atoms with Gasteiger partial charge in [0.1, 0.15) is 5.75 Å². The van der Waals surface area contributed by atoms with E-state index >= 15 is 0 Å². The third-order valence-electron chi connectivity index (χ3n) is 2.46. The number of carbonyl (C=O) groups is 2. The second-order valence-corrected chi connectivity index (χ2v) is 6.80. The first-order valence-electron chi connectivity index (χ1n) is 5.85. The van der Waals surface area contributed by atoms with Crippen molar-refractivity contribution in [1.29, 1.82) is 0 Å². The minimum absolute atomic E-state index is 0.204. The van der Waals surface area contributed by atoms with Gasteiger partial charge in [-0.05, 0) is 18.2 Å². The number of ether oxygens (including phenoxy) is 1. The quantitative estimate of drug-likeness (QED) is 0.588. The lowest BCUT2D eigenvalue weighted by Crippen LogP contribution is -2.25. The van der Waals surface area contributed by atoms with Crippen molar-refractivity contribution in [3.05, 3.63) is 23.2 Å². The number of anilines is 2. The maximum Gasteiger partial charge on any atom is 0.306 e. The predicted octanol–water partition coefficient (Wildman–Crippen LogP) is 0.839. The highest BCUT2D eigenvalue weighted by Gasteiger charge is 2.19. The van der Waals surface area contributed by atoms with E-state index in [0.717, 1.165) is 7.11 Å². The minimum atomic E-state index is -3.71. The molecule has 0 aliphatic rings. The molecule has 0 unspecified atom stereocenters. The van der Waals surface area contributed by atoms with E-state index in [1.807, 2.05) is 0 Å². The van der Waals surface area contributed by atoms with Crippen molar-refractivity contribution in [3.63, 3.8) is 0 Å². The number of nitrogens with one attached hydrogen (secondary N) is 1. The molecule has 0 radical (unpaired) electrons. The number of hydrogen-bond acceptors (Lipinski definition) is 6. The predicted molar refractivity (Wildman–Crippen MR) is 79.8 cm³/mol. The molecule has 0 aromatic heterocycles. The van der Waals surface area contributed by atoms with Crippen LogP contribution in [-0.4, -0.2) is 38.9 Å². The van der Waals surface area contributed by atoms with Crippen LogP contribution in [0.2, 0.25) is 5.02 Å². The molecule has 1 aromatic carbocycles. The molecule has 116 valence electrons. The standard InChI is InChI=1S/C12H15ClN2O5S/c1-20-12(17)4-5-21(18,19)7-11(16)15-10-3-2-8(14)6-9(10)13/h2-3,6H,4-5,7,14H2,1H3,(H,15,16). The minimum Gasteiger partial charge on any atom is -0.469 e. The van der Waals surface area contributed by atoms with Crippen molar-refractivity contribution in [1.82, 2.24) is 0 Å². The van der Waals surface area contributed by atoms with Crippen molar-refractivity contribution in [2.75, 3.05) is 29.7 Å². The first-order valence-corrected chi connectivity index (χ1v) is 8.05. The topological polar surface area (TPSA) is 116 Å². The summed E-state index contributed by atoms with van der Waals surface area (Å²) in [6.45, 7) is 0. The Balaban J connectivity index is 2.62. The Labute approximate surface area is 127 Å². The fourth-order valence-electron chi connectivity index (χ4n) is 1.43. The van der Waals surface area contributed by atoms with E-state index in [4.69, 9.17) is 17.3 Å². The molecule has 0 aliphatic heterocycles. The Hall–Kier alpha value is -1.80. The number of nitrogens with two attached hydrogens (primary N) is 1. The summed E-state index contributed by atoms with van der Waals surface area (Å²) in [5.74, 6) is -2.60. The second kappa shape index (κ2) is 7.28. The molecule has 1 amide bonds. The maximum atomic E-state index is 11.7. The number of methoxy groups -OCH3 is 1. The fourth-order valence-corrected chi connectivity index (χ4v) is 2.76. The Morgan fingerprint density at radius 1 is 1.38 bits per heavy atom. The van der Waals surface area contributed by atoms with Crippen LogP contribution in [0.1, 0.15) is 6.42 Å². The average molecular weight is 335 g/mol. The summed E-state index contributed by atoms with van der Waals surface area (Å²) in [5.41, 5.74) is 6.19. The first kappa shape index (κ1) is 17.3. The van der Waals surface area contributed by atoms with Crippen LogP contribution in [0, 0.1) is 0 Å². The summed E-state index contributed by atoms with van der Waals surface area (Å²) in [6.07, 6.45) is -0.297. The molecule has 21 heavy (non-hydrogen) atoms.